The molecule has 0 fully saturated rings. The SMILES string of the molecule is CCO/C(=N\c1ccc(C#N)c(C(F)(F)F)c1)[C@]1(C)CC(C(F)(F)F)N=N1. The van der Waals surface area contributed by atoms with Gasteiger partial charge in [0.15, 0.2) is 11.6 Å². The average Bonchev–Trinajstić information content (AvgIpc) is 2.97. The van der Waals surface area contributed by atoms with Gasteiger partial charge in [-0.2, -0.15) is 41.8 Å². The molecule has 1 unspecified atom stereocenters. The number of hydrogen-bond donors (Lipinski definition) is 0. The van der Waals surface area contributed by atoms with E-state index in [1.807, 2.05) is 0 Å². The first-order valence-corrected chi connectivity index (χ1v) is 7.72. The first kappa shape index (κ1) is 20.7. The zero-order valence-corrected chi connectivity index (χ0v) is 14.2. The lowest BCUT2D eigenvalue weighted by molar-refractivity contribution is -0.147. The zero-order valence-electron chi connectivity index (χ0n) is 14.2. The van der Waals surface area contributed by atoms with Crippen molar-refractivity contribution in [3.8, 4) is 6.07 Å². The molecule has 1 aromatic carbocycles. The van der Waals surface area contributed by atoms with E-state index in [-0.39, 0.29) is 18.2 Å². The molecule has 0 aromatic heterocycles. The van der Waals surface area contributed by atoms with Crippen LogP contribution in [0.15, 0.2) is 33.4 Å². The van der Waals surface area contributed by atoms with Gasteiger partial charge < -0.3 is 4.74 Å². The first-order valence-electron chi connectivity index (χ1n) is 7.72. The molecule has 0 aliphatic carbocycles. The summed E-state index contributed by atoms with van der Waals surface area (Å²) in [5.74, 6) is -0.279. The highest BCUT2D eigenvalue weighted by molar-refractivity contribution is 5.88. The molecular weight excluding hydrogens is 378 g/mol. The standard InChI is InChI=1S/C16H14F6N4O/c1-3-27-13(14(2)7-12(25-26-14)16(20,21)22)24-10-5-4-9(8-23)11(6-10)15(17,18)19/h4-6,12H,3,7H2,1-2H3/b24-13-/t12?,14-/m0/s1. The number of nitriles is 1. The fourth-order valence-electron chi connectivity index (χ4n) is 2.46. The molecule has 5 nitrogen and oxygen atoms in total. The lowest BCUT2D eigenvalue weighted by atomic mass is 9.95. The van der Waals surface area contributed by atoms with Gasteiger partial charge in [-0.25, -0.2) is 4.99 Å². The number of rotatable bonds is 3. The van der Waals surface area contributed by atoms with Crippen molar-refractivity contribution in [2.24, 2.45) is 15.2 Å². The van der Waals surface area contributed by atoms with Crippen molar-refractivity contribution < 1.29 is 31.1 Å². The van der Waals surface area contributed by atoms with Gasteiger partial charge in [-0.15, -0.1) is 0 Å². The minimum atomic E-state index is -4.79. The molecule has 1 heterocycles. The van der Waals surface area contributed by atoms with Gasteiger partial charge in [0.05, 0.1) is 29.5 Å². The third-order valence-corrected chi connectivity index (χ3v) is 3.79. The average molecular weight is 392 g/mol. The molecule has 0 amide bonds. The highest BCUT2D eigenvalue weighted by Crippen LogP contribution is 2.39. The van der Waals surface area contributed by atoms with Crippen LogP contribution in [-0.4, -0.2) is 30.3 Å². The van der Waals surface area contributed by atoms with E-state index in [9.17, 15) is 26.3 Å². The fraction of sp³-hybridized carbons (Fsp3) is 0.500. The van der Waals surface area contributed by atoms with Gasteiger partial charge in [-0.3, -0.25) is 0 Å². The minimum Gasteiger partial charge on any atom is -0.479 e. The summed E-state index contributed by atoms with van der Waals surface area (Å²) in [7, 11) is 0. The van der Waals surface area contributed by atoms with Crippen LogP contribution in [0, 0.1) is 11.3 Å². The monoisotopic (exact) mass is 392 g/mol. The summed E-state index contributed by atoms with van der Waals surface area (Å²) in [4.78, 5) is 3.93. The second-order valence-corrected chi connectivity index (χ2v) is 5.94. The quantitative estimate of drug-likeness (QED) is 0.404. The molecular formula is C16H14F6N4O. The van der Waals surface area contributed by atoms with E-state index in [1.54, 1.807) is 6.92 Å². The summed E-state index contributed by atoms with van der Waals surface area (Å²) >= 11 is 0. The maximum absolute atomic E-state index is 13.1. The molecule has 11 heteroatoms. The molecule has 1 aliphatic heterocycles. The molecule has 1 aromatic rings. The van der Waals surface area contributed by atoms with Crippen LogP contribution in [0.1, 0.15) is 31.4 Å². The normalized spacial score (nSPS) is 23.4. The van der Waals surface area contributed by atoms with Crippen molar-refractivity contribution in [3.05, 3.63) is 29.3 Å². The molecule has 0 saturated carbocycles. The Bertz CT molecular complexity index is 809. The van der Waals surface area contributed by atoms with Crippen LogP contribution < -0.4 is 0 Å². The summed E-state index contributed by atoms with van der Waals surface area (Å²) in [5, 5.41) is 15.6. The number of halogens is 6. The van der Waals surface area contributed by atoms with Gasteiger partial charge in [-0.05, 0) is 32.0 Å². The summed E-state index contributed by atoms with van der Waals surface area (Å²) < 4.78 is 83.0. The van der Waals surface area contributed by atoms with Crippen molar-refractivity contribution in [1.82, 2.24) is 0 Å². The van der Waals surface area contributed by atoms with Crippen LogP contribution in [0.4, 0.5) is 32.0 Å². The molecule has 2 atom stereocenters. The van der Waals surface area contributed by atoms with Crippen LogP contribution >= 0.6 is 0 Å². The fourth-order valence-corrected chi connectivity index (χ4v) is 2.46. The van der Waals surface area contributed by atoms with Gasteiger partial charge in [0, 0.05) is 6.42 Å². The van der Waals surface area contributed by atoms with Crippen molar-refractivity contribution in [2.75, 3.05) is 6.61 Å². The molecule has 0 bridgehead atoms. The van der Waals surface area contributed by atoms with Crippen molar-refractivity contribution in [1.29, 1.82) is 5.26 Å². The Morgan fingerprint density at radius 1 is 1.33 bits per heavy atom. The number of nitrogens with zero attached hydrogens (tertiary/aromatic N) is 4. The first-order chi connectivity index (χ1) is 12.4. The van der Waals surface area contributed by atoms with Gasteiger partial charge in [0.2, 0.25) is 5.90 Å². The summed E-state index contributed by atoms with van der Waals surface area (Å²) in [5.41, 5.74) is -3.59. The molecule has 146 valence electrons. The Labute approximate surface area is 150 Å². The van der Waals surface area contributed by atoms with Gasteiger partial charge in [0.25, 0.3) is 0 Å². The third kappa shape index (κ3) is 4.56. The van der Waals surface area contributed by atoms with Gasteiger partial charge in [-0.1, -0.05) is 0 Å². The second-order valence-electron chi connectivity index (χ2n) is 5.94. The maximum atomic E-state index is 13.1. The van der Waals surface area contributed by atoms with E-state index in [2.05, 4.69) is 15.2 Å². The Morgan fingerprint density at radius 2 is 2.00 bits per heavy atom. The van der Waals surface area contributed by atoms with E-state index >= 15 is 0 Å². The maximum Gasteiger partial charge on any atom is 0.417 e. The van der Waals surface area contributed by atoms with Crippen molar-refractivity contribution in [2.45, 2.75) is 44.2 Å². The molecule has 0 saturated heterocycles. The number of aliphatic imine (C=N–C) groups is 1. The van der Waals surface area contributed by atoms with E-state index in [0.717, 1.165) is 12.1 Å². The lowest BCUT2D eigenvalue weighted by Crippen LogP contribution is -2.37. The Kier molecular flexibility index (Phi) is 5.49. The van der Waals surface area contributed by atoms with Crippen LogP contribution in [-0.2, 0) is 10.9 Å². The van der Waals surface area contributed by atoms with E-state index in [4.69, 9.17) is 10.00 Å². The molecule has 0 radical (unpaired) electrons. The number of benzene rings is 1. The number of ether oxygens (including phenoxy) is 1. The Hall–Kier alpha value is -2.64. The van der Waals surface area contributed by atoms with Gasteiger partial charge >= 0.3 is 12.4 Å². The largest absolute Gasteiger partial charge is 0.479 e. The topological polar surface area (TPSA) is 70.1 Å². The van der Waals surface area contributed by atoms with E-state index in [0.29, 0.717) is 6.07 Å². The van der Waals surface area contributed by atoms with E-state index in [1.165, 1.54) is 13.0 Å². The summed E-state index contributed by atoms with van der Waals surface area (Å²) in [6.07, 6.45) is -9.96. The minimum absolute atomic E-state index is 0.0169. The highest BCUT2D eigenvalue weighted by Gasteiger charge is 2.51. The van der Waals surface area contributed by atoms with Crippen LogP contribution in [0.3, 0.4) is 0 Å². The second kappa shape index (κ2) is 7.17. The molecule has 0 spiro atoms. The molecule has 1 aliphatic rings. The number of alkyl halides is 6. The lowest BCUT2D eigenvalue weighted by Gasteiger charge is -2.22. The third-order valence-electron chi connectivity index (χ3n) is 3.79. The van der Waals surface area contributed by atoms with Crippen molar-refractivity contribution >= 4 is 11.6 Å². The van der Waals surface area contributed by atoms with Crippen LogP contribution in [0.5, 0.6) is 0 Å². The van der Waals surface area contributed by atoms with Crippen molar-refractivity contribution in [3.63, 3.8) is 0 Å². The van der Waals surface area contributed by atoms with Gasteiger partial charge in [0.1, 0.15) is 0 Å². The summed E-state index contributed by atoms with van der Waals surface area (Å²) in [6.45, 7) is 2.88. The predicted molar refractivity (Wildman–Crippen MR) is 82.6 cm³/mol. The smallest absolute Gasteiger partial charge is 0.417 e. The van der Waals surface area contributed by atoms with Crippen LogP contribution in [0.2, 0.25) is 0 Å². The number of hydrogen-bond acceptors (Lipinski definition) is 5. The molecule has 0 N–H and O–H groups in total. The highest BCUT2D eigenvalue weighted by atomic mass is 19.4. The molecule has 2 rings (SSSR count). The van der Waals surface area contributed by atoms with Crippen LogP contribution in [0.25, 0.3) is 0 Å². The molecule has 27 heavy (non-hydrogen) atoms. The zero-order chi connectivity index (χ0) is 20.5. The Morgan fingerprint density at radius 3 is 2.48 bits per heavy atom. The predicted octanol–water partition coefficient (Wildman–Crippen LogP) is 5.19. The van der Waals surface area contributed by atoms with E-state index < -0.39 is 41.5 Å². The summed E-state index contributed by atoms with van der Waals surface area (Å²) in [6, 6.07) is 2.10. The number of azo groups is 1. The Balaban J connectivity index is 2.45.